The Hall–Kier alpha value is 0.110. The second-order valence-corrected chi connectivity index (χ2v) is 8.68. The largest absolute Gasteiger partial charge is 0.469 e. The Morgan fingerprint density at radius 2 is 1.08 bits per heavy atom. The van der Waals surface area contributed by atoms with Gasteiger partial charge in [0.25, 0.3) is 0 Å². The van der Waals surface area contributed by atoms with Crippen molar-refractivity contribution < 1.29 is 18.9 Å². The first-order valence-electron chi connectivity index (χ1n) is 10.7. The maximum Gasteiger partial charge on any atom is 0.469 e. The molecular formula is C20H43O4P. The van der Waals surface area contributed by atoms with E-state index in [-0.39, 0.29) is 6.61 Å². The molecule has 0 saturated carbocycles. The molecule has 0 atom stereocenters. The van der Waals surface area contributed by atoms with Crippen LogP contribution in [0.15, 0.2) is 0 Å². The maximum absolute atomic E-state index is 10.7. The van der Waals surface area contributed by atoms with Crippen LogP contribution >= 0.6 is 7.82 Å². The minimum atomic E-state index is -4.30. The van der Waals surface area contributed by atoms with Gasteiger partial charge in [-0.05, 0) is 18.8 Å². The molecule has 0 unspecified atom stereocenters. The molecule has 0 aromatic heterocycles. The van der Waals surface area contributed by atoms with Gasteiger partial charge in [-0.3, -0.25) is 4.52 Å². The fourth-order valence-corrected chi connectivity index (χ4v) is 3.78. The monoisotopic (exact) mass is 378 g/mol. The third-order valence-corrected chi connectivity index (χ3v) is 5.47. The average Bonchev–Trinajstić information content (AvgIpc) is 2.56. The smallest absolute Gasteiger partial charge is 0.303 e. The quantitative estimate of drug-likeness (QED) is 0.188. The van der Waals surface area contributed by atoms with Crippen molar-refractivity contribution in [1.82, 2.24) is 0 Å². The number of phosphoric acid groups is 1. The summed E-state index contributed by atoms with van der Waals surface area (Å²) in [6, 6.07) is 0. The van der Waals surface area contributed by atoms with Crippen LogP contribution in [0.2, 0.25) is 0 Å². The van der Waals surface area contributed by atoms with Gasteiger partial charge in [-0.2, -0.15) is 0 Å². The van der Waals surface area contributed by atoms with Crippen molar-refractivity contribution in [3.8, 4) is 0 Å². The molecule has 0 heterocycles. The Morgan fingerprint density at radius 3 is 1.52 bits per heavy atom. The number of hydrogen-bond acceptors (Lipinski definition) is 2. The average molecular weight is 379 g/mol. The highest BCUT2D eigenvalue weighted by Crippen LogP contribution is 2.36. The maximum atomic E-state index is 10.7. The van der Waals surface area contributed by atoms with E-state index in [4.69, 9.17) is 9.79 Å². The summed E-state index contributed by atoms with van der Waals surface area (Å²) < 4.78 is 15.3. The molecule has 2 N–H and O–H groups in total. The summed E-state index contributed by atoms with van der Waals surface area (Å²) in [7, 11) is -4.30. The van der Waals surface area contributed by atoms with Crippen molar-refractivity contribution in [1.29, 1.82) is 0 Å². The fraction of sp³-hybridized carbons (Fsp3) is 1.00. The van der Waals surface area contributed by atoms with E-state index >= 15 is 0 Å². The van der Waals surface area contributed by atoms with Crippen molar-refractivity contribution in [2.24, 2.45) is 5.92 Å². The topological polar surface area (TPSA) is 66.8 Å². The lowest BCUT2D eigenvalue weighted by molar-refractivity contribution is 0.188. The third kappa shape index (κ3) is 20.3. The SMILES string of the molecule is CCCCCCCCC(CCCCCCCC)CCCOP(=O)(O)O. The van der Waals surface area contributed by atoms with Gasteiger partial charge in [0.2, 0.25) is 0 Å². The Kier molecular flexibility index (Phi) is 17.6. The van der Waals surface area contributed by atoms with Gasteiger partial charge in [0.1, 0.15) is 0 Å². The predicted octanol–water partition coefficient (Wildman–Crippen LogP) is 6.99. The molecule has 0 rings (SSSR count). The van der Waals surface area contributed by atoms with Gasteiger partial charge < -0.3 is 9.79 Å². The summed E-state index contributed by atoms with van der Waals surface area (Å²) in [6.45, 7) is 4.67. The lowest BCUT2D eigenvalue weighted by Crippen LogP contribution is -2.04. The fourth-order valence-electron chi connectivity index (χ4n) is 3.42. The summed E-state index contributed by atoms with van der Waals surface area (Å²) in [4.78, 5) is 17.5. The van der Waals surface area contributed by atoms with E-state index in [1.165, 1.54) is 89.9 Å². The van der Waals surface area contributed by atoms with E-state index in [2.05, 4.69) is 18.4 Å². The Morgan fingerprint density at radius 1 is 0.680 bits per heavy atom. The minimum Gasteiger partial charge on any atom is -0.303 e. The third-order valence-electron chi connectivity index (χ3n) is 4.95. The van der Waals surface area contributed by atoms with Crippen LogP contribution in [0.5, 0.6) is 0 Å². The van der Waals surface area contributed by atoms with Crippen LogP contribution in [-0.4, -0.2) is 16.4 Å². The normalized spacial score (nSPS) is 12.2. The molecule has 0 bridgehead atoms. The number of unbranched alkanes of at least 4 members (excludes halogenated alkanes) is 10. The van der Waals surface area contributed by atoms with E-state index in [1.54, 1.807) is 0 Å². The molecule has 0 saturated heterocycles. The van der Waals surface area contributed by atoms with Crippen molar-refractivity contribution >= 4 is 7.82 Å². The predicted molar refractivity (Wildman–Crippen MR) is 107 cm³/mol. The zero-order chi connectivity index (χ0) is 18.8. The molecule has 0 aliphatic carbocycles. The van der Waals surface area contributed by atoms with Gasteiger partial charge in [0, 0.05) is 0 Å². The van der Waals surface area contributed by atoms with E-state index in [1.807, 2.05) is 0 Å². The first-order valence-corrected chi connectivity index (χ1v) is 12.2. The molecule has 0 aliphatic heterocycles. The summed E-state index contributed by atoms with van der Waals surface area (Å²) in [5.74, 6) is 0.692. The van der Waals surface area contributed by atoms with Crippen molar-refractivity contribution in [2.45, 2.75) is 117 Å². The zero-order valence-corrected chi connectivity index (χ0v) is 17.7. The molecule has 0 spiro atoms. The first-order chi connectivity index (χ1) is 12.0. The van der Waals surface area contributed by atoms with E-state index < -0.39 is 7.82 Å². The number of rotatable bonds is 19. The molecule has 5 heteroatoms. The molecule has 152 valence electrons. The minimum absolute atomic E-state index is 0.174. The van der Waals surface area contributed by atoms with Gasteiger partial charge in [0.15, 0.2) is 0 Å². The van der Waals surface area contributed by atoms with Gasteiger partial charge in [-0.15, -0.1) is 0 Å². The summed E-state index contributed by atoms with van der Waals surface area (Å²) in [5.41, 5.74) is 0. The Labute approximate surface area is 156 Å². The van der Waals surface area contributed by atoms with Crippen LogP contribution in [-0.2, 0) is 9.09 Å². The lowest BCUT2D eigenvalue weighted by atomic mass is 9.90. The second-order valence-electron chi connectivity index (χ2n) is 7.44. The Balaban J connectivity index is 3.89. The lowest BCUT2D eigenvalue weighted by Gasteiger charge is -2.17. The van der Waals surface area contributed by atoms with Crippen molar-refractivity contribution in [2.75, 3.05) is 6.61 Å². The highest BCUT2D eigenvalue weighted by atomic mass is 31.2. The van der Waals surface area contributed by atoms with Crippen LogP contribution in [0.4, 0.5) is 0 Å². The highest BCUT2D eigenvalue weighted by molar-refractivity contribution is 7.46. The molecule has 0 radical (unpaired) electrons. The molecule has 4 nitrogen and oxygen atoms in total. The summed E-state index contributed by atoms with van der Waals surface area (Å²) in [5, 5.41) is 0. The standard InChI is InChI=1S/C20H43O4P/c1-3-5-7-9-11-13-16-20(17-14-12-10-8-6-4-2)18-15-19-24-25(21,22)23/h20H,3-19H2,1-2H3,(H2,21,22,23). The van der Waals surface area contributed by atoms with E-state index in [9.17, 15) is 4.57 Å². The molecule has 0 aliphatic rings. The summed E-state index contributed by atoms with van der Waals surface area (Å²) >= 11 is 0. The van der Waals surface area contributed by atoms with Gasteiger partial charge in [-0.25, -0.2) is 4.57 Å². The molecule has 0 aromatic rings. The molecule has 0 aromatic carbocycles. The molecule has 25 heavy (non-hydrogen) atoms. The van der Waals surface area contributed by atoms with Crippen LogP contribution in [0.3, 0.4) is 0 Å². The van der Waals surface area contributed by atoms with Crippen molar-refractivity contribution in [3.63, 3.8) is 0 Å². The van der Waals surface area contributed by atoms with Crippen molar-refractivity contribution in [3.05, 3.63) is 0 Å². The highest BCUT2D eigenvalue weighted by Gasteiger charge is 2.14. The van der Waals surface area contributed by atoms with Gasteiger partial charge in [0.05, 0.1) is 6.61 Å². The van der Waals surface area contributed by atoms with Crippen LogP contribution < -0.4 is 0 Å². The first kappa shape index (κ1) is 25.1. The second kappa shape index (κ2) is 17.5. The van der Waals surface area contributed by atoms with E-state index in [0.29, 0.717) is 5.92 Å². The Bertz CT molecular complexity index is 301. The zero-order valence-electron chi connectivity index (χ0n) is 16.8. The molecular weight excluding hydrogens is 335 g/mol. The van der Waals surface area contributed by atoms with E-state index in [0.717, 1.165) is 12.8 Å². The number of hydrogen-bond donors (Lipinski definition) is 2. The summed E-state index contributed by atoms with van der Waals surface area (Å²) in [6.07, 6.45) is 20.2. The molecule has 0 fully saturated rings. The van der Waals surface area contributed by atoms with Crippen LogP contribution in [0.25, 0.3) is 0 Å². The van der Waals surface area contributed by atoms with Gasteiger partial charge >= 0.3 is 7.82 Å². The van der Waals surface area contributed by atoms with Gasteiger partial charge in [-0.1, -0.05) is 104 Å². The molecule has 0 amide bonds. The number of phosphoric ester groups is 1. The van der Waals surface area contributed by atoms with Crippen LogP contribution in [0.1, 0.15) is 117 Å². The van der Waals surface area contributed by atoms with Crippen LogP contribution in [0, 0.1) is 5.92 Å².